The van der Waals surface area contributed by atoms with Crippen molar-refractivity contribution >= 4 is 62.0 Å². The quantitative estimate of drug-likeness (QED) is 0.117. The van der Waals surface area contributed by atoms with Crippen molar-refractivity contribution in [3.63, 3.8) is 0 Å². The van der Waals surface area contributed by atoms with Gasteiger partial charge in [-0.05, 0) is 79.9 Å². The van der Waals surface area contributed by atoms with Gasteiger partial charge in [-0.25, -0.2) is 0 Å². The zero-order valence-electron chi connectivity index (χ0n) is 31.5. The number of anilines is 2. The average molecular weight is 745 g/mol. The van der Waals surface area contributed by atoms with Crippen molar-refractivity contribution in [2.45, 2.75) is 12.0 Å². The van der Waals surface area contributed by atoms with Crippen LogP contribution in [0.15, 0.2) is 231 Å². The molecule has 0 radical (unpaired) electrons. The summed E-state index contributed by atoms with van der Waals surface area (Å²) in [5.41, 5.74) is 9.96. The van der Waals surface area contributed by atoms with E-state index in [0.717, 1.165) is 0 Å². The van der Waals surface area contributed by atoms with Crippen LogP contribution >= 0.6 is 0 Å². The number of fused-ring (bicyclic) bond motifs is 6. The first-order valence-electron chi connectivity index (χ1n) is 19.9. The summed E-state index contributed by atoms with van der Waals surface area (Å²) in [7, 11) is -2.82. The highest BCUT2D eigenvalue weighted by Crippen LogP contribution is 2.48. The van der Waals surface area contributed by atoms with Crippen molar-refractivity contribution in [3.05, 3.63) is 236 Å². The molecule has 0 N–H and O–H groups in total. The molecule has 2 heterocycles. The molecular formula is C54H40N2Si. The Morgan fingerprint density at radius 3 is 1.63 bits per heavy atom. The van der Waals surface area contributed by atoms with Crippen LogP contribution in [0, 0.1) is 0 Å². The number of hydrogen-bond donors (Lipinski definition) is 0. The SMILES string of the molecule is C1=CC2c3ccc(-c4ccc([Si](c5ccccc5)(c5ccccc5)c5ccc6c(c5)c5ccccc5n6-c5ccccc5)cc4)cc3N(c3ccccc3)C2C=C1. The highest BCUT2D eigenvalue weighted by atomic mass is 28.3. The molecular weight excluding hydrogens is 705 g/mol. The molecule has 0 amide bonds. The first-order valence-corrected chi connectivity index (χ1v) is 21.9. The van der Waals surface area contributed by atoms with E-state index in [4.69, 9.17) is 0 Å². The number of nitrogens with zero attached hydrogens (tertiary/aromatic N) is 2. The fraction of sp³-hybridized carbons (Fsp3) is 0.0370. The molecule has 0 saturated heterocycles. The van der Waals surface area contributed by atoms with Crippen molar-refractivity contribution in [1.29, 1.82) is 0 Å². The smallest absolute Gasteiger partial charge is 0.179 e. The number of aromatic nitrogens is 1. The van der Waals surface area contributed by atoms with Crippen molar-refractivity contribution < 1.29 is 0 Å². The molecule has 1 aliphatic carbocycles. The van der Waals surface area contributed by atoms with Crippen LogP contribution in [0.25, 0.3) is 38.6 Å². The normalized spacial score (nSPS) is 15.9. The minimum atomic E-state index is -2.82. The largest absolute Gasteiger partial charge is 0.333 e. The van der Waals surface area contributed by atoms with E-state index in [2.05, 4.69) is 240 Å². The van der Waals surface area contributed by atoms with Crippen molar-refractivity contribution in [2.24, 2.45) is 0 Å². The van der Waals surface area contributed by atoms with Crippen LogP contribution in [0.1, 0.15) is 11.5 Å². The monoisotopic (exact) mass is 744 g/mol. The van der Waals surface area contributed by atoms with Crippen LogP contribution in [0.2, 0.25) is 0 Å². The van der Waals surface area contributed by atoms with Gasteiger partial charge in [-0.1, -0.05) is 188 Å². The molecule has 57 heavy (non-hydrogen) atoms. The van der Waals surface area contributed by atoms with Crippen molar-refractivity contribution in [3.8, 4) is 16.8 Å². The van der Waals surface area contributed by atoms with Crippen LogP contribution in [0.4, 0.5) is 11.4 Å². The van der Waals surface area contributed by atoms with Gasteiger partial charge in [-0.15, -0.1) is 0 Å². The lowest BCUT2D eigenvalue weighted by Crippen LogP contribution is -2.74. The Balaban J connectivity index is 1.09. The van der Waals surface area contributed by atoms with Gasteiger partial charge in [0.05, 0.1) is 17.1 Å². The summed E-state index contributed by atoms with van der Waals surface area (Å²) in [5, 5.41) is 8.02. The maximum Gasteiger partial charge on any atom is 0.179 e. The standard InChI is InChI=1S/C54H40N2Si/c1-5-17-41(18-6-1)55-52-28-16-14-26-48(52)50-38-46(34-36-53(50)55)57(43-21-9-3-10-22-43,44-23-11-4-12-24-44)45-32-29-39(30-33-45)40-31-35-49-47-25-13-15-27-51(47)56(54(49)37-40)42-19-7-2-8-20-42/h1-38,47,51H. The van der Waals surface area contributed by atoms with Gasteiger partial charge in [0.15, 0.2) is 8.07 Å². The van der Waals surface area contributed by atoms with Gasteiger partial charge in [0, 0.05) is 33.8 Å². The molecule has 2 aliphatic rings. The van der Waals surface area contributed by atoms with Gasteiger partial charge >= 0.3 is 0 Å². The third-order valence-corrected chi connectivity index (χ3v) is 17.0. The highest BCUT2D eigenvalue weighted by molar-refractivity contribution is 7.20. The Labute approximate surface area is 334 Å². The number of rotatable bonds is 7. The third-order valence-electron chi connectivity index (χ3n) is 12.3. The minimum Gasteiger partial charge on any atom is -0.333 e. The second-order valence-electron chi connectivity index (χ2n) is 15.2. The van der Waals surface area contributed by atoms with Crippen LogP contribution in [0.3, 0.4) is 0 Å². The summed E-state index contributed by atoms with van der Waals surface area (Å²) >= 11 is 0. The lowest BCUT2D eigenvalue weighted by molar-refractivity contribution is 0.745. The van der Waals surface area contributed by atoms with Gasteiger partial charge in [0.25, 0.3) is 0 Å². The fourth-order valence-corrected chi connectivity index (χ4v) is 14.5. The topological polar surface area (TPSA) is 8.17 Å². The molecule has 2 atom stereocenters. The number of para-hydroxylation sites is 3. The van der Waals surface area contributed by atoms with E-state index >= 15 is 0 Å². The third kappa shape index (κ3) is 5.31. The van der Waals surface area contributed by atoms with E-state index in [-0.39, 0.29) is 6.04 Å². The molecule has 3 heteroatoms. The Morgan fingerprint density at radius 1 is 0.386 bits per heavy atom. The molecule has 0 bridgehead atoms. The molecule has 270 valence electrons. The van der Waals surface area contributed by atoms with Crippen molar-refractivity contribution in [2.75, 3.05) is 4.90 Å². The van der Waals surface area contributed by atoms with Crippen LogP contribution in [-0.4, -0.2) is 18.7 Å². The predicted molar refractivity (Wildman–Crippen MR) is 243 cm³/mol. The Kier molecular flexibility index (Phi) is 8.01. The average Bonchev–Trinajstić information content (AvgIpc) is 3.80. The molecule has 0 fully saturated rings. The first kappa shape index (κ1) is 33.4. The molecule has 0 saturated carbocycles. The molecule has 9 aromatic rings. The minimum absolute atomic E-state index is 0.271. The highest BCUT2D eigenvalue weighted by Gasteiger charge is 2.42. The van der Waals surface area contributed by atoms with E-state index < -0.39 is 8.07 Å². The van der Waals surface area contributed by atoms with Gasteiger partial charge in [-0.2, -0.15) is 0 Å². The van der Waals surface area contributed by atoms with Gasteiger partial charge in [0.1, 0.15) is 0 Å². The van der Waals surface area contributed by atoms with Crippen LogP contribution in [-0.2, 0) is 0 Å². The number of hydrogen-bond acceptors (Lipinski definition) is 1. The summed E-state index contributed by atoms with van der Waals surface area (Å²) < 4.78 is 2.41. The fourth-order valence-electron chi connectivity index (χ4n) is 9.75. The Morgan fingerprint density at radius 2 is 0.930 bits per heavy atom. The number of allylic oxidation sites excluding steroid dienone is 2. The van der Waals surface area contributed by atoms with E-state index in [1.165, 1.54) is 76.3 Å². The van der Waals surface area contributed by atoms with Crippen LogP contribution < -0.4 is 25.6 Å². The molecule has 0 spiro atoms. The second kappa shape index (κ2) is 13.7. The maximum absolute atomic E-state index is 2.82. The van der Waals surface area contributed by atoms with E-state index in [1.807, 2.05) is 0 Å². The molecule has 2 nitrogen and oxygen atoms in total. The zero-order valence-corrected chi connectivity index (χ0v) is 32.5. The summed E-state index contributed by atoms with van der Waals surface area (Å²) in [5.74, 6) is 0.337. The zero-order chi connectivity index (χ0) is 37.8. The lowest BCUT2D eigenvalue weighted by atomic mass is 9.90. The molecule has 2 unspecified atom stereocenters. The summed E-state index contributed by atoms with van der Waals surface area (Å²) in [6.45, 7) is 0. The first-order chi connectivity index (χ1) is 28.3. The molecule has 1 aromatic heterocycles. The summed E-state index contributed by atoms with van der Waals surface area (Å²) in [4.78, 5) is 2.52. The molecule has 11 rings (SSSR count). The van der Waals surface area contributed by atoms with Crippen molar-refractivity contribution in [1.82, 2.24) is 4.57 Å². The van der Waals surface area contributed by atoms with E-state index in [1.54, 1.807) is 0 Å². The molecule has 8 aromatic carbocycles. The number of benzene rings is 8. The Hall–Kier alpha value is -6.94. The van der Waals surface area contributed by atoms with Gasteiger partial charge < -0.3 is 9.47 Å². The predicted octanol–water partition coefficient (Wildman–Crippen LogP) is 10.6. The van der Waals surface area contributed by atoms with E-state index in [9.17, 15) is 0 Å². The second-order valence-corrected chi connectivity index (χ2v) is 19.1. The summed E-state index contributed by atoms with van der Waals surface area (Å²) in [6.07, 6.45) is 9.09. The summed E-state index contributed by atoms with van der Waals surface area (Å²) in [6, 6.07) is 77.2. The van der Waals surface area contributed by atoms with Crippen LogP contribution in [0.5, 0.6) is 0 Å². The van der Waals surface area contributed by atoms with E-state index in [0.29, 0.717) is 5.92 Å². The molecule has 1 aliphatic heterocycles. The Bertz CT molecular complexity index is 2910. The van der Waals surface area contributed by atoms with Gasteiger partial charge in [-0.3, -0.25) is 0 Å². The lowest BCUT2D eigenvalue weighted by Gasteiger charge is -2.34. The van der Waals surface area contributed by atoms with Gasteiger partial charge in [0.2, 0.25) is 0 Å². The maximum atomic E-state index is 2.52.